The molecule has 4 N–H and O–H groups in total. The monoisotopic (exact) mass is 163 g/mol. The Labute approximate surface area is 60.5 Å². The summed E-state index contributed by atoms with van der Waals surface area (Å²) in [6.45, 7) is 0. The lowest BCUT2D eigenvalue weighted by Gasteiger charge is -1.98. The van der Waals surface area contributed by atoms with Gasteiger partial charge in [-0.25, -0.2) is 5.84 Å². The Morgan fingerprint density at radius 1 is 1.89 bits per heavy atom. The topological polar surface area (TPSA) is 63.2 Å². The van der Waals surface area contributed by atoms with E-state index in [9.17, 15) is 0 Å². The summed E-state index contributed by atoms with van der Waals surface area (Å²) < 4.78 is 1.70. The standard InChI is InChI=1S/C3H5N3OS2/c4-5-6-2(7)1-9-3(6)8/h1,5,7H,4H2. The van der Waals surface area contributed by atoms with E-state index in [1.54, 1.807) is 0 Å². The third-order valence-electron chi connectivity index (χ3n) is 0.806. The van der Waals surface area contributed by atoms with E-state index < -0.39 is 0 Å². The third-order valence-corrected chi connectivity index (χ3v) is 1.99. The van der Waals surface area contributed by atoms with Crippen LogP contribution in [0.25, 0.3) is 0 Å². The summed E-state index contributed by atoms with van der Waals surface area (Å²) in [7, 11) is 0. The molecule has 0 spiro atoms. The van der Waals surface area contributed by atoms with Crippen molar-refractivity contribution in [3.63, 3.8) is 0 Å². The Bertz CT molecular complexity index is 252. The number of nitrogens with two attached hydrogens (primary N) is 1. The minimum Gasteiger partial charge on any atom is -0.493 e. The molecule has 9 heavy (non-hydrogen) atoms. The van der Waals surface area contributed by atoms with Crippen molar-refractivity contribution >= 4 is 23.6 Å². The molecule has 0 aliphatic rings. The zero-order valence-electron chi connectivity index (χ0n) is 4.37. The van der Waals surface area contributed by atoms with Crippen LogP contribution >= 0.6 is 23.6 Å². The second-order valence-electron chi connectivity index (χ2n) is 1.32. The molecule has 0 aromatic carbocycles. The quantitative estimate of drug-likeness (QED) is 0.318. The van der Waals surface area contributed by atoms with Crippen LogP contribution < -0.4 is 11.4 Å². The van der Waals surface area contributed by atoms with Crippen molar-refractivity contribution in [1.29, 1.82) is 0 Å². The number of nitrogens with zero attached hydrogens (tertiary/aromatic N) is 1. The van der Waals surface area contributed by atoms with Crippen LogP contribution in [-0.2, 0) is 0 Å². The van der Waals surface area contributed by atoms with E-state index in [0.717, 1.165) is 0 Å². The minimum absolute atomic E-state index is 0.0347. The van der Waals surface area contributed by atoms with Gasteiger partial charge >= 0.3 is 0 Å². The van der Waals surface area contributed by atoms with Crippen molar-refractivity contribution < 1.29 is 5.11 Å². The molecule has 0 aliphatic heterocycles. The number of aromatic hydroxyl groups is 1. The molecule has 6 heteroatoms. The van der Waals surface area contributed by atoms with Crippen LogP contribution in [0.15, 0.2) is 5.38 Å². The lowest BCUT2D eigenvalue weighted by molar-refractivity contribution is 0.432. The largest absolute Gasteiger partial charge is 0.493 e. The molecule has 4 nitrogen and oxygen atoms in total. The molecular formula is C3H5N3OS2. The van der Waals surface area contributed by atoms with Crippen LogP contribution in [-0.4, -0.2) is 9.78 Å². The number of thiazole rings is 1. The van der Waals surface area contributed by atoms with Crippen molar-refractivity contribution in [3.8, 4) is 5.88 Å². The van der Waals surface area contributed by atoms with E-state index in [0.29, 0.717) is 3.95 Å². The first-order valence-corrected chi connectivity index (χ1v) is 3.40. The van der Waals surface area contributed by atoms with Gasteiger partial charge in [-0.05, 0) is 12.2 Å². The maximum Gasteiger partial charge on any atom is 0.223 e. The predicted octanol–water partition coefficient (Wildman–Crippen LogP) is 0.402. The highest BCUT2D eigenvalue weighted by atomic mass is 32.1. The van der Waals surface area contributed by atoms with Crippen LogP contribution in [0.3, 0.4) is 0 Å². The SMILES string of the molecule is NNn1c(O)csc1=S. The molecule has 50 valence electrons. The molecule has 0 fully saturated rings. The van der Waals surface area contributed by atoms with Gasteiger partial charge in [0.05, 0.1) is 5.38 Å². The van der Waals surface area contributed by atoms with Crippen molar-refractivity contribution in [2.75, 3.05) is 5.53 Å². The maximum atomic E-state index is 8.90. The molecule has 0 aliphatic carbocycles. The van der Waals surface area contributed by atoms with Crippen LogP contribution in [0.2, 0.25) is 0 Å². The molecule has 0 bridgehead atoms. The summed E-state index contributed by atoms with van der Waals surface area (Å²) in [4.78, 5) is 0. The van der Waals surface area contributed by atoms with Crippen LogP contribution in [0, 0.1) is 3.95 Å². The Hall–Kier alpha value is -0.590. The Morgan fingerprint density at radius 2 is 2.56 bits per heavy atom. The maximum absolute atomic E-state index is 8.90. The van der Waals surface area contributed by atoms with E-state index >= 15 is 0 Å². The third kappa shape index (κ3) is 1.04. The molecule has 0 unspecified atom stereocenters. The molecule has 0 radical (unpaired) electrons. The number of aromatic nitrogens is 1. The first-order chi connectivity index (χ1) is 4.25. The number of hydrazine groups is 1. The smallest absolute Gasteiger partial charge is 0.223 e. The van der Waals surface area contributed by atoms with Gasteiger partial charge < -0.3 is 5.11 Å². The lowest BCUT2D eigenvalue weighted by Crippen LogP contribution is -2.20. The second-order valence-corrected chi connectivity index (χ2v) is 2.83. The molecular weight excluding hydrogens is 158 g/mol. The highest BCUT2D eigenvalue weighted by molar-refractivity contribution is 7.73. The molecule has 0 amide bonds. The summed E-state index contributed by atoms with van der Waals surface area (Å²) in [6.07, 6.45) is 0. The number of nitrogens with one attached hydrogen (secondary N) is 1. The Kier molecular flexibility index (Phi) is 1.70. The van der Waals surface area contributed by atoms with Crippen molar-refractivity contribution in [1.82, 2.24) is 4.68 Å². The Morgan fingerprint density at radius 3 is 2.78 bits per heavy atom. The number of hydrogen-bond acceptors (Lipinski definition) is 5. The zero-order valence-corrected chi connectivity index (χ0v) is 6.00. The number of rotatable bonds is 1. The van der Waals surface area contributed by atoms with Crippen LogP contribution in [0.1, 0.15) is 0 Å². The molecule has 1 aromatic heterocycles. The zero-order chi connectivity index (χ0) is 6.85. The van der Waals surface area contributed by atoms with E-state index in [2.05, 4.69) is 5.53 Å². The number of hydrogen-bond donors (Lipinski definition) is 3. The predicted molar refractivity (Wildman–Crippen MR) is 38.4 cm³/mol. The summed E-state index contributed by atoms with van der Waals surface area (Å²) in [6, 6.07) is 0. The normalized spacial score (nSPS) is 9.44. The molecule has 0 atom stereocenters. The molecule has 1 rings (SSSR count). The van der Waals surface area contributed by atoms with Gasteiger partial charge in [-0.15, -0.1) is 11.3 Å². The van der Waals surface area contributed by atoms with Gasteiger partial charge in [-0.1, -0.05) is 0 Å². The lowest BCUT2D eigenvalue weighted by atomic mass is 10.9. The van der Waals surface area contributed by atoms with Crippen LogP contribution in [0.5, 0.6) is 5.88 Å². The van der Waals surface area contributed by atoms with Gasteiger partial charge in [0, 0.05) is 0 Å². The minimum atomic E-state index is 0.0347. The first-order valence-electron chi connectivity index (χ1n) is 2.12. The van der Waals surface area contributed by atoms with Crippen molar-refractivity contribution in [3.05, 3.63) is 9.33 Å². The number of nitrogen functional groups attached to an aromatic ring is 1. The van der Waals surface area contributed by atoms with Gasteiger partial charge in [0.2, 0.25) is 5.88 Å². The van der Waals surface area contributed by atoms with E-state index in [1.807, 2.05) is 0 Å². The van der Waals surface area contributed by atoms with E-state index in [4.69, 9.17) is 23.2 Å². The molecule has 1 heterocycles. The summed E-state index contributed by atoms with van der Waals surface area (Å²) >= 11 is 5.99. The average Bonchev–Trinajstić information content (AvgIpc) is 2.12. The fourth-order valence-corrected chi connectivity index (χ4v) is 1.27. The first kappa shape index (κ1) is 6.53. The van der Waals surface area contributed by atoms with E-state index in [1.165, 1.54) is 21.4 Å². The Balaban J connectivity index is 3.23. The van der Waals surface area contributed by atoms with Crippen LogP contribution in [0.4, 0.5) is 0 Å². The molecule has 0 saturated carbocycles. The second kappa shape index (κ2) is 2.34. The fraction of sp³-hybridized carbons (Fsp3) is 0. The van der Waals surface area contributed by atoms with Crippen molar-refractivity contribution in [2.45, 2.75) is 0 Å². The van der Waals surface area contributed by atoms with E-state index in [-0.39, 0.29) is 5.88 Å². The van der Waals surface area contributed by atoms with Gasteiger partial charge in [-0.3, -0.25) is 5.53 Å². The van der Waals surface area contributed by atoms with Crippen molar-refractivity contribution in [2.24, 2.45) is 5.84 Å². The summed E-state index contributed by atoms with van der Waals surface area (Å²) in [5, 5.41) is 10.4. The average molecular weight is 163 g/mol. The van der Waals surface area contributed by atoms with Gasteiger partial charge in [0.25, 0.3) is 0 Å². The van der Waals surface area contributed by atoms with Gasteiger partial charge in [0.1, 0.15) is 0 Å². The van der Waals surface area contributed by atoms with Gasteiger partial charge in [0.15, 0.2) is 3.95 Å². The molecule has 0 saturated heterocycles. The summed E-state index contributed by atoms with van der Waals surface area (Å²) in [5.41, 5.74) is 2.22. The highest BCUT2D eigenvalue weighted by Gasteiger charge is 1.96. The fourth-order valence-electron chi connectivity index (χ4n) is 0.421. The van der Waals surface area contributed by atoms with Gasteiger partial charge in [-0.2, -0.15) is 4.68 Å². The molecule has 1 aromatic rings. The summed E-state index contributed by atoms with van der Waals surface area (Å²) in [5.74, 6) is 5.02. The highest BCUT2D eigenvalue weighted by Crippen LogP contribution is 2.13.